The zero-order chi connectivity index (χ0) is 20.4. The van der Waals surface area contributed by atoms with Crippen LogP contribution < -0.4 is 5.32 Å². The maximum atomic E-state index is 12.4. The van der Waals surface area contributed by atoms with Gasteiger partial charge in [-0.05, 0) is 56.7 Å². The Kier molecular flexibility index (Phi) is 5.12. The number of aryl methyl sites for hydroxylation is 2. The molecule has 1 atom stereocenters. The Bertz CT molecular complexity index is 1070. The van der Waals surface area contributed by atoms with Gasteiger partial charge >= 0.3 is 5.97 Å². The van der Waals surface area contributed by atoms with E-state index in [2.05, 4.69) is 10.3 Å². The summed E-state index contributed by atoms with van der Waals surface area (Å²) in [6, 6.07) is 10.6. The number of aromatic amines is 1. The number of non-ortho nitro benzene ring substituents is 1. The lowest BCUT2D eigenvalue weighted by molar-refractivity contribution is -0.384. The number of aromatic nitrogens is 1. The van der Waals surface area contributed by atoms with Crippen molar-refractivity contribution in [3.05, 3.63) is 69.4 Å². The zero-order valence-electron chi connectivity index (χ0n) is 15.6. The van der Waals surface area contributed by atoms with Gasteiger partial charge < -0.3 is 15.0 Å². The maximum Gasteiger partial charge on any atom is 0.338 e. The average molecular weight is 381 g/mol. The van der Waals surface area contributed by atoms with Crippen molar-refractivity contribution in [2.75, 3.05) is 5.32 Å². The van der Waals surface area contributed by atoms with Gasteiger partial charge in [-0.25, -0.2) is 4.79 Å². The van der Waals surface area contributed by atoms with Gasteiger partial charge in [0.15, 0.2) is 6.10 Å². The van der Waals surface area contributed by atoms with Crippen molar-refractivity contribution >= 4 is 34.2 Å². The number of hydrogen-bond acceptors (Lipinski definition) is 5. The highest BCUT2D eigenvalue weighted by Crippen LogP contribution is 2.23. The molecule has 0 fully saturated rings. The van der Waals surface area contributed by atoms with Crippen molar-refractivity contribution in [2.24, 2.45) is 0 Å². The highest BCUT2D eigenvalue weighted by molar-refractivity contribution is 5.99. The Balaban J connectivity index is 1.67. The molecule has 0 unspecified atom stereocenters. The van der Waals surface area contributed by atoms with Crippen LogP contribution in [0.5, 0.6) is 0 Å². The van der Waals surface area contributed by atoms with Gasteiger partial charge in [-0.3, -0.25) is 14.9 Å². The summed E-state index contributed by atoms with van der Waals surface area (Å²) < 4.78 is 5.26. The number of nitro groups is 1. The first kappa shape index (κ1) is 19.1. The number of ether oxygens (including phenoxy) is 1. The molecule has 144 valence electrons. The van der Waals surface area contributed by atoms with E-state index >= 15 is 0 Å². The number of carbonyl (C=O) groups is 2. The zero-order valence-corrected chi connectivity index (χ0v) is 15.6. The van der Waals surface area contributed by atoms with E-state index in [0.717, 1.165) is 22.2 Å². The Morgan fingerprint density at radius 2 is 1.82 bits per heavy atom. The Morgan fingerprint density at radius 3 is 2.46 bits per heavy atom. The van der Waals surface area contributed by atoms with Crippen LogP contribution in [0.15, 0.2) is 42.5 Å². The number of fused-ring (bicyclic) bond motifs is 1. The molecule has 2 aromatic carbocycles. The highest BCUT2D eigenvalue weighted by atomic mass is 16.6. The summed E-state index contributed by atoms with van der Waals surface area (Å²) in [5.74, 6) is -1.14. The predicted molar refractivity (Wildman–Crippen MR) is 104 cm³/mol. The van der Waals surface area contributed by atoms with Crippen LogP contribution in [0.3, 0.4) is 0 Å². The van der Waals surface area contributed by atoms with E-state index in [0.29, 0.717) is 11.3 Å². The van der Waals surface area contributed by atoms with Crippen molar-refractivity contribution in [2.45, 2.75) is 26.9 Å². The van der Waals surface area contributed by atoms with Crippen LogP contribution in [0.4, 0.5) is 11.4 Å². The topological polar surface area (TPSA) is 114 Å². The summed E-state index contributed by atoms with van der Waals surface area (Å²) in [6.07, 6.45) is -1.03. The molecule has 2 N–H and O–H groups in total. The summed E-state index contributed by atoms with van der Waals surface area (Å²) in [5.41, 5.74) is 3.64. The molecule has 8 nitrogen and oxygen atoms in total. The largest absolute Gasteiger partial charge is 0.449 e. The number of amides is 1. The number of anilines is 1. The third kappa shape index (κ3) is 3.85. The second kappa shape index (κ2) is 7.51. The first-order valence-corrected chi connectivity index (χ1v) is 8.61. The van der Waals surface area contributed by atoms with Crippen LogP contribution in [-0.4, -0.2) is 27.9 Å². The number of esters is 1. The van der Waals surface area contributed by atoms with E-state index in [1.165, 1.54) is 31.2 Å². The van der Waals surface area contributed by atoms with Crippen molar-refractivity contribution in [1.29, 1.82) is 0 Å². The summed E-state index contributed by atoms with van der Waals surface area (Å²) in [6.45, 7) is 5.38. The third-order valence-electron chi connectivity index (χ3n) is 4.54. The fourth-order valence-corrected chi connectivity index (χ4v) is 2.78. The number of benzene rings is 2. The van der Waals surface area contributed by atoms with Gasteiger partial charge in [0, 0.05) is 34.4 Å². The second-order valence-corrected chi connectivity index (χ2v) is 6.48. The molecule has 0 radical (unpaired) electrons. The van der Waals surface area contributed by atoms with Crippen LogP contribution >= 0.6 is 0 Å². The number of nitrogens with zero attached hydrogens (tertiary/aromatic N) is 1. The Hall–Kier alpha value is -3.68. The number of nitro benzene ring substituents is 1. The molecule has 8 heteroatoms. The SMILES string of the molecule is Cc1[nH]c2ccc(C(=O)O[C@H](C)C(=O)Nc3ccc([N+](=O)[O-])cc3)cc2c1C. The van der Waals surface area contributed by atoms with Crippen LogP contribution in [-0.2, 0) is 9.53 Å². The fraction of sp³-hybridized carbons (Fsp3) is 0.200. The molecule has 0 spiro atoms. The molecule has 28 heavy (non-hydrogen) atoms. The molecule has 0 aliphatic heterocycles. The molecule has 1 amide bonds. The van der Waals surface area contributed by atoms with Gasteiger partial charge in [0.2, 0.25) is 0 Å². The van der Waals surface area contributed by atoms with Crippen molar-refractivity contribution in [1.82, 2.24) is 4.98 Å². The summed E-state index contributed by atoms with van der Waals surface area (Å²) in [5, 5.41) is 14.2. The highest BCUT2D eigenvalue weighted by Gasteiger charge is 2.20. The molecular weight excluding hydrogens is 362 g/mol. The molecular formula is C20H19N3O5. The average Bonchev–Trinajstić information content (AvgIpc) is 2.95. The predicted octanol–water partition coefficient (Wildman–Crippen LogP) is 3.88. The van der Waals surface area contributed by atoms with Gasteiger partial charge in [0.25, 0.3) is 11.6 Å². The molecule has 1 heterocycles. The Labute approximate surface area is 160 Å². The molecule has 0 bridgehead atoms. The van der Waals surface area contributed by atoms with Gasteiger partial charge in [-0.2, -0.15) is 0 Å². The van der Waals surface area contributed by atoms with Gasteiger partial charge in [-0.15, -0.1) is 0 Å². The monoisotopic (exact) mass is 381 g/mol. The van der Waals surface area contributed by atoms with Gasteiger partial charge in [-0.1, -0.05) is 0 Å². The van der Waals surface area contributed by atoms with Crippen LogP contribution in [0.2, 0.25) is 0 Å². The molecule has 3 rings (SSSR count). The smallest absolute Gasteiger partial charge is 0.338 e. The van der Waals surface area contributed by atoms with E-state index in [1.807, 2.05) is 13.8 Å². The minimum atomic E-state index is -1.03. The van der Waals surface area contributed by atoms with Gasteiger partial charge in [0.05, 0.1) is 10.5 Å². The van der Waals surface area contributed by atoms with E-state index in [-0.39, 0.29) is 5.69 Å². The Morgan fingerprint density at radius 1 is 1.14 bits per heavy atom. The van der Waals surface area contributed by atoms with Crippen LogP contribution in [0.25, 0.3) is 10.9 Å². The molecule has 0 saturated heterocycles. The molecule has 0 aliphatic carbocycles. The van der Waals surface area contributed by atoms with E-state index in [1.54, 1.807) is 18.2 Å². The summed E-state index contributed by atoms with van der Waals surface area (Å²) >= 11 is 0. The normalized spacial score (nSPS) is 11.8. The lowest BCUT2D eigenvalue weighted by Gasteiger charge is -2.13. The minimum absolute atomic E-state index is 0.0804. The van der Waals surface area contributed by atoms with Crippen molar-refractivity contribution < 1.29 is 19.2 Å². The number of H-pyrrole nitrogens is 1. The first-order chi connectivity index (χ1) is 13.3. The van der Waals surface area contributed by atoms with Gasteiger partial charge in [0.1, 0.15) is 0 Å². The quantitative estimate of drug-likeness (QED) is 0.395. The summed E-state index contributed by atoms with van der Waals surface area (Å²) in [4.78, 5) is 38.0. The van der Waals surface area contributed by atoms with E-state index in [4.69, 9.17) is 4.74 Å². The van der Waals surface area contributed by atoms with E-state index in [9.17, 15) is 19.7 Å². The fourth-order valence-electron chi connectivity index (χ4n) is 2.78. The molecule has 3 aromatic rings. The second-order valence-electron chi connectivity index (χ2n) is 6.48. The lowest BCUT2D eigenvalue weighted by atomic mass is 10.1. The number of nitrogens with one attached hydrogen (secondary N) is 2. The van der Waals surface area contributed by atoms with E-state index < -0.39 is 22.9 Å². The summed E-state index contributed by atoms with van der Waals surface area (Å²) in [7, 11) is 0. The molecule has 0 saturated carbocycles. The lowest BCUT2D eigenvalue weighted by Crippen LogP contribution is -2.30. The number of carbonyl (C=O) groups excluding carboxylic acids is 2. The third-order valence-corrected chi connectivity index (χ3v) is 4.54. The minimum Gasteiger partial charge on any atom is -0.449 e. The number of hydrogen-bond donors (Lipinski definition) is 2. The maximum absolute atomic E-state index is 12.4. The number of rotatable bonds is 5. The molecule has 0 aliphatic rings. The first-order valence-electron chi connectivity index (χ1n) is 8.61. The van der Waals surface area contributed by atoms with Crippen LogP contribution in [0, 0.1) is 24.0 Å². The molecule has 1 aromatic heterocycles. The van der Waals surface area contributed by atoms with Crippen molar-refractivity contribution in [3.8, 4) is 0 Å². The van der Waals surface area contributed by atoms with Crippen molar-refractivity contribution in [3.63, 3.8) is 0 Å². The standard InChI is InChI=1S/C20H19N3O5/c1-11-12(2)21-18-9-4-14(10-17(11)18)20(25)28-13(3)19(24)22-15-5-7-16(8-6-15)23(26)27/h4-10,13,21H,1-3H3,(H,22,24)/t13-/m1/s1. The van der Waals surface area contributed by atoms with Crippen LogP contribution in [0.1, 0.15) is 28.5 Å².